The molecule has 0 spiro atoms. The summed E-state index contributed by atoms with van der Waals surface area (Å²) < 4.78 is 24.0. The van der Waals surface area contributed by atoms with Crippen LogP contribution in [0.25, 0.3) is 0 Å². The lowest BCUT2D eigenvalue weighted by molar-refractivity contribution is -0.387. The Balaban J connectivity index is 3.17. The zero-order valence-electron chi connectivity index (χ0n) is 14.2. The molecule has 0 saturated carbocycles. The van der Waals surface area contributed by atoms with Crippen LogP contribution >= 0.6 is 0 Å². The molecule has 0 saturated heterocycles. The van der Waals surface area contributed by atoms with Gasteiger partial charge in [0.05, 0.1) is 19.1 Å². The number of methoxy groups -OCH3 is 2. The summed E-state index contributed by atoms with van der Waals surface area (Å²) >= 11 is 0. The van der Waals surface area contributed by atoms with Crippen LogP contribution in [0.4, 0.5) is 10.1 Å². The number of nitro groups is 1. The average Bonchev–Trinajstić information content (AvgIpc) is 2.56. The summed E-state index contributed by atoms with van der Waals surface area (Å²) in [5.74, 6) is -2.21. The van der Waals surface area contributed by atoms with Gasteiger partial charge >= 0.3 is 5.69 Å². The Bertz CT molecular complexity index is 605. The van der Waals surface area contributed by atoms with Crippen LogP contribution in [0.5, 0.6) is 11.5 Å². The fraction of sp³-hybridized carbons (Fsp3) is 0.533. The van der Waals surface area contributed by atoms with Gasteiger partial charge in [-0.3, -0.25) is 14.9 Å². The zero-order chi connectivity index (χ0) is 18.3. The first-order valence-electron chi connectivity index (χ1n) is 7.50. The lowest BCUT2D eigenvalue weighted by Crippen LogP contribution is -2.35. The predicted molar refractivity (Wildman–Crippen MR) is 86.3 cm³/mol. The van der Waals surface area contributed by atoms with E-state index in [1.165, 1.54) is 14.2 Å². The summed E-state index contributed by atoms with van der Waals surface area (Å²) in [6.07, 6.45) is 0. The van der Waals surface area contributed by atoms with E-state index in [9.17, 15) is 19.3 Å². The molecule has 1 amide bonds. The van der Waals surface area contributed by atoms with Crippen LogP contribution in [0, 0.1) is 15.9 Å². The Morgan fingerprint density at radius 2 is 1.96 bits per heavy atom. The predicted octanol–water partition coefficient (Wildman–Crippen LogP) is 1.82. The van der Waals surface area contributed by atoms with E-state index >= 15 is 0 Å². The fourth-order valence-electron chi connectivity index (χ4n) is 2.30. The number of nitrogens with one attached hydrogen (secondary N) is 1. The monoisotopic (exact) mass is 343 g/mol. The van der Waals surface area contributed by atoms with Crippen molar-refractivity contribution in [1.82, 2.24) is 10.2 Å². The third-order valence-electron chi connectivity index (χ3n) is 3.61. The third kappa shape index (κ3) is 4.31. The van der Waals surface area contributed by atoms with Crippen molar-refractivity contribution in [2.24, 2.45) is 0 Å². The fourth-order valence-corrected chi connectivity index (χ4v) is 2.30. The van der Waals surface area contributed by atoms with Crippen LogP contribution in [-0.4, -0.2) is 56.1 Å². The van der Waals surface area contributed by atoms with Crippen molar-refractivity contribution in [3.63, 3.8) is 0 Å². The van der Waals surface area contributed by atoms with E-state index in [-0.39, 0.29) is 18.0 Å². The van der Waals surface area contributed by atoms with E-state index in [0.29, 0.717) is 6.54 Å². The highest BCUT2D eigenvalue weighted by molar-refractivity contribution is 6.02. The van der Waals surface area contributed by atoms with E-state index in [0.717, 1.165) is 19.2 Å². The summed E-state index contributed by atoms with van der Waals surface area (Å²) in [6, 6.07) is 0.823. The van der Waals surface area contributed by atoms with Crippen molar-refractivity contribution in [2.75, 3.05) is 40.4 Å². The molecule has 0 atom stereocenters. The minimum Gasteiger partial charge on any atom is -0.493 e. The number of nitro benzene ring substituents is 1. The Morgan fingerprint density at radius 3 is 2.42 bits per heavy atom. The minimum atomic E-state index is -1.16. The maximum absolute atomic E-state index is 14.0. The Hall–Kier alpha value is -2.42. The standard InChI is InChI=1S/C15H22FN3O5/c1-5-18(6-2)8-7-17-15(20)12-13(19(21)22)10(16)9-11(23-3)14(12)24-4/h9H,5-8H2,1-4H3,(H,17,20). The second kappa shape index (κ2) is 9.02. The summed E-state index contributed by atoms with van der Waals surface area (Å²) in [4.78, 5) is 24.7. The largest absolute Gasteiger partial charge is 0.493 e. The molecule has 1 N–H and O–H groups in total. The molecule has 134 valence electrons. The van der Waals surface area contributed by atoms with Crippen LogP contribution < -0.4 is 14.8 Å². The van der Waals surface area contributed by atoms with Gasteiger partial charge in [-0.1, -0.05) is 13.8 Å². The van der Waals surface area contributed by atoms with Gasteiger partial charge in [0, 0.05) is 19.2 Å². The second-order valence-electron chi connectivity index (χ2n) is 4.86. The normalized spacial score (nSPS) is 10.6. The number of amides is 1. The van der Waals surface area contributed by atoms with Crippen molar-refractivity contribution >= 4 is 11.6 Å². The Morgan fingerprint density at radius 1 is 1.33 bits per heavy atom. The lowest BCUT2D eigenvalue weighted by Gasteiger charge is -2.18. The maximum atomic E-state index is 14.0. The highest BCUT2D eigenvalue weighted by Gasteiger charge is 2.32. The summed E-state index contributed by atoms with van der Waals surface area (Å²) in [5, 5.41) is 13.7. The molecule has 8 nitrogen and oxygen atoms in total. The van der Waals surface area contributed by atoms with Gasteiger partial charge in [0.15, 0.2) is 17.1 Å². The van der Waals surface area contributed by atoms with Crippen LogP contribution in [-0.2, 0) is 0 Å². The lowest BCUT2D eigenvalue weighted by atomic mass is 10.1. The molecule has 0 fully saturated rings. The van der Waals surface area contributed by atoms with Crippen LogP contribution in [0.3, 0.4) is 0 Å². The molecule has 0 aliphatic heterocycles. The molecular weight excluding hydrogens is 321 g/mol. The number of carbonyl (C=O) groups is 1. The highest BCUT2D eigenvalue weighted by atomic mass is 19.1. The second-order valence-corrected chi connectivity index (χ2v) is 4.86. The third-order valence-corrected chi connectivity index (χ3v) is 3.61. The molecule has 1 aromatic rings. The molecule has 0 aliphatic carbocycles. The van der Waals surface area contributed by atoms with Gasteiger partial charge in [0.1, 0.15) is 0 Å². The highest BCUT2D eigenvalue weighted by Crippen LogP contribution is 2.39. The van der Waals surface area contributed by atoms with E-state index < -0.39 is 27.9 Å². The van der Waals surface area contributed by atoms with Crippen molar-refractivity contribution in [2.45, 2.75) is 13.8 Å². The molecule has 1 rings (SSSR count). The SMILES string of the molecule is CCN(CC)CCNC(=O)c1c(OC)c(OC)cc(F)c1[N+](=O)[O-]. The van der Waals surface area contributed by atoms with Crippen molar-refractivity contribution in [1.29, 1.82) is 0 Å². The smallest absolute Gasteiger partial charge is 0.321 e. The van der Waals surface area contributed by atoms with Gasteiger partial charge < -0.3 is 19.7 Å². The van der Waals surface area contributed by atoms with Gasteiger partial charge in [-0.25, -0.2) is 0 Å². The van der Waals surface area contributed by atoms with Gasteiger partial charge in [0.25, 0.3) is 5.91 Å². The van der Waals surface area contributed by atoms with E-state index in [1.54, 1.807) is 0 Å². The number of rotatable bonds is 9. The number of ether oxygens (including phenoxy) is 2. The average molecular weight is 343 g/mol. The minimum absolute atomic E-state index is 0.0884. The number of hydrogen-bond acceptors (Lipinski definition) is 6. The quantitative estimate of drug-likeness (QED) is 0.543. The number of hydrogen-bond donors (Lipinski definition) is 1. The first-order chi connectivity index (χ1) is 11.4. The molecule has 0 unspecified atom stereocenters. The molecule has 0 aliphatic rings. The Labute approximate surface area is 139 Å². The number of likely N-dealkylation sites (N-methyl/N-ethyl adjacent to an activating group) is 1. The Kier molecular flexibility index (Phi) is 7.37. The van der Waals surface area contributed by atoms with Gasteiger partial charge in [-0.15, -0.1) is 0 Å². The zero-order valence-corrected chi connectivity index (χ0v) is 14.2. The molecular formula is C15H22FN3O5. The topological polar surface area (TPSA) is 93.9 Å². The molecule has 0 bridgehead atoms. The van der Waals surface area contributed by atoms with Crippen LogP contribution in [0.1, 0.15) is 24.2 Å². The summed E-state index contributed by atoms with van der Waals surface area (Å²) in [6.45, 7) is 6.42. The molecule has 0 aromatic heterocycles. The van der Waals surface area contributed by atoms with E-state index in [4.69, 9.17) is 9.47 Å². The van der Waals surface area contributed by atoms with E-state index in [1.807, 2.05) is 13.8 Å². The number of carbonyl (C=O) groups excluding carboxylic acids is 1. The van der Waals surface area contributed by atoms with Gasteiger partial charge in [0.2, 0.25) is 5.82 Å². The number of halogens is 1. The van der Waals surface area contributed by atoms with Crippen LogP contribution in [0.15, 0.2) is 6.07 Å². The molecule has 1 aromatic carbocycles. The van der Waals surface area contributed by atoms with Gasteiger partial charge in [-0.2, -0.15) is 4.39 Å². The van der Waals surface area contributed by atoms with E-state index in [2.05, 4.69) is 10.2 Å². The van der Waals surface area contributed by atoms with Crippen molar-refractivity contribution in [3.05, 3.63) is 27.6 Å². The van der Waals surface area contributed by atoms with Crippen molar-refractivity contribution in [3.8, 4) is 11.5 Å². The summed E-state index contributed by atoms with van der Waals surface area (Å²) in [7, 11) is 2.48. The van der Waals surface area contributed by atoms with Gasteiger partial charge in [-0.05, 0) is 13.1 Å². The first kappa shape index (κ1) is 19.6. The molecule has 9 heteroatoms. The summed E-state index contributed by atoms with van der Waals surface area (Å²) in [5.41, 5.74) is -1.42. The number of nitrogens with zero attached hydrogens (tertiary/aromatic N) is 2. The molecule has 24 heavy (non-hydrogen) atoms. The molecule has 0 radical (unpaired) electrons. The van der Waals surface area contributed by atoms with Crippen LogP contribution in [0.2, 0.25) is 0 Å². The number of benzene rings is 1. The molecule has 0 heterocycles. The van der Waals surface area contributed by atoms with Crippen molar-refractivity contribution < 1.29 is 23.6 Å². The maximum Gasteiger partial charge on any atom is 0.321 e. The first-order valence-corrected chi connectivity index (χ1v) is 7.50.